The molecule has 3 aromatic carbocycles. The average molecular weight is 457 g/mol. The van der Waals surface area contributed by atoms with Crippen LogP contribution in [0.5, 0.6) is 0 Å². The predicted molar refractivity (Wildman–Crippen MR) is 137 cm³/mol. The van der Waals surface area contributed by atoms with E-state index in [0.29, 0.717) is 18.8 Å². The molecule has 0 saturated heterocycles. The molecule has 0 unspecified atom stereocenters. The van der Waals surface area contributed by atoms with Crippen molar-refractivity contribution in [2.75, 3.05) is 0 Å². The molecule has 0 radical (unpaired) electrons. The highest BCUT2D eigenvalue weighted by atomic mass is 19.1. The van der Waals surface area contributed by atoms with Crippen molar-refractivity contribution < 1.29 is 9.31 Å². The number of hydrogen-bond acceptors (Lipinski definition) is 3. The van der Waals surface area contributed by atoms with Gasteiger partial charge in [0.1, 0.15) is 5.82 Å². The van der Waals surface area contributed by atoms with E-state index in [4.69, 9.17) is 0 Å². The van der Waals surface area contributed by atoms with E-state index in [1.165, 1.54) is 30.0 Å². The van der Waals surface area contributed by atoms with Gasteiger partial charge in [0.25, 0.3) is 5.69 Å². The number of imidazole rings is 1. The van der Waals surface area contributed by atoms with Gasteiger partial charge in [-0.25, -0.2) is 9.37 Å². The van der Waals surface area contributed by atoms with Crippen LogP contribution in [-0.4, -0.2) is 21.2 Å². The SMILES string of the molecule is CC(C)(C)B(c1ccccc1)c1ccccc1.Cc1c(F)ccc(Cn2ccnc2)c1[N+](=O)[O-]. The van der Waals surface area contributed by atoms with Gasteiger partial charge in [-0.3, -0.25) is 10.1 Å². The summed E-state index contributed by atoms with van der Waals surface area (Å²) in [6.45, 7) is 9.07. The zero-order valence-corrected chi connectivity index (χ0v) is 20.0. The Morgan fingerprint density at radius 1 is 0.971 bits per heavy atom. The van der Waals surface area contributed by atoms with E-state index in [9.17, 15) is 14.5 Å². The molecule has 1 heterocycles. The molecular weight excluding hydrogens is 428 g/mol. The molecule has 0 fully saturated rings. The number of rotatable bonds is 5. The lowest BCUT2D eigenvalue weighted by atomic mass is 9.28. The first kappa shape index (κ1) is 24.9. The maximum absolute atomic E-state index is 13.3. The molecule has 0 amide bonds. The van der Waals surface area contributed by atoms with E-state index < -0.39 is 10.7 Å². The summed E-state index contributed by atoms with van der Waals surface area (Å²) in [5.41, 5.74) is 3.15. The molecule has 0 atom stereocenters. The van der Waals surface area contributed by atoms with Gasteiger partial charge in [-0.1, -0.05) is 97.7 Å². The van der Waals surface area contributed by atoms with Gasteiger partial charge in [0.2, 0.25) is 6.71 Å². The molecule has 0 saturated carbocycles. The average Bonchev–Trinajstić information content (AvgIpc) is 3.30. The van der Waals surface area contributed by atoms with Crippen molar-refractivity contribution in [3.63, 3.8) is 0 Å². The number of hydrogen-bond donors (Lipinski definition) is 0. The van der Waals surface area contributed by atoms with Crippen molar-refractivity contribution in [1.82, 2.24) is 9.55 Å². The quantitative estimate of drug-likeness (QED) is 0.230. The first-order valence-corrected chi connectivity index (χ1v) is 11.2. The lowest BCUT2D eigenvalue weighted by Gasteiger charge is -2.28. The summed E-state index contributed by atoms with van der Waals surface area (Å²) >= 11 is 0. The molecule has 5 nitrogen and oxygen atoms in total. The summed E-state index contributed by atoms with van der Waals surface area (Å²) in [6, 6.07) is 24.2. The minimum atomic E-state index is -0.564. The molecule has 0 aliphatic heterocycles. The number of halogens is 1. The van der Waals surface area contributed by atoms with Crippen LogP contribution >= 0.6 is 0 Å². The third-order valence-corrected chi connectivity index (χ3v) is 5.67. The van der Waals surface area contributed by atoms with Crippen LogP contribution in [0.2, 0.25) is 5.31 Å². The van der Waals surface area contributed by atoms with E-state index in [2.05, 4.69) is 86.4 Å². The second-order valence-electron chi connectivity index (χ2n) is 9.29. The molecule has 4 aromatic rings. The van der Waals surface area contributed by atoms with Crippen LogP contribution in [0.4, 0.5) is 10.1 Å². The molecule has 0 N–H and O–H groups in total. The summed E-state index contributed by atoms with van der Waals surface area (Å²) in [5.74, 6) is -0.564. The molecule has 7 heteroatoms. The van der Waals surface area contributed by atoms with Crippen LogP contribution < -0.4 is 10.9 Å². The van der Waals surface area contributed by atoms with Crippen LogP contribution in [-0.2, 0) is 6.54 Å². The largest absolute Gasteiger partial charge is 0.333 e. The molecule has 0 aliphatic rings. The van der Waals surface area contributed by atoms with E-state index in [1.54, 1.807) is 23.3 Å². The van der Waals surface area contributed by atoms with Crippen molar-refractivity contribution in [3.8, 4) is 0 Å². The fourth-order valence-corrected chi connectivity index (χ4v) is 4.17. The number of nitro groups is 1. The van der Waals surface area contributed by atoms with Crippen molar-refractivity contribution >= 4 is 23.3 Å². The van der Waals surface area contributed by atoms with E-state index in [-0.39, 0.29) is 16.6 Å². The minimum absolute atomic E-state index is 0.0626. The summed E-state index contributed by atoms with van der Waals surface area (Å²) in [5, 5.41) is 11.2. The van der Waals surface area contributed by atoms with Crippen LogP contribution in [0.3, 0.4) is 0 Å². The van der Waals surface area contributed by atoms with Gasteiger partial charge in [0, 0.05) is 18.0 Å². The maximum Gasteiger partial charge on any atom is 0.280 e. The van der Waals surface area contributed by atoms with Crippen molar-refractivity contribution in [2.45, 2.75) is 39.6 Å². The Balaban J connectivity index is 0.000000191. The molecule has 0 aliphatic carbocycles. The van der Waals surface area contributed by atoms with Gasteiger partial charge in [-0.2, -0.15) is 0 Å². The highest BCUT2D eigenvalue weighted by Crippen LogP contribution is 2.27. The van der Waals surface area contributed by atoms with E-state index >= 15 is 0 Å². The van der Waals surface area contributed by atoms with Gasteiger partial charge >= 0.3 is 0 Å². The third kappa shape index (κ3) is 6.19. The molecule has 34 heavy (non-hydrogen) atoms. The molecule has 174 valence electrons. The van der Waals surface area contributed by atoms with Gasteiger partial charge in [-0.05, 0) is 19.1 Å². The Morgan fingerprint density at radius 2 is 1.53 bits per heavy atom. The Kier molecular flexibility index (Phi) is 8.00. The van der Waals surface area contributed by atoms with Crippen molar-refractivity contribution in [2.24, 2.45) is 0 Å². The van der Waals surface area contributed by atoms with Gasteiger partial charge in [-0.15, -0.1) is 0 Å². The van der Waals surface area contributed by atoms with Gasteiger partial charge in [0.15, 0.2) is 0 Å². The Labute approximate surface area is 200 Å². The first-order chi connectivity index (χ1) is 16.2. The smallest absolute Gasteiger partial charge is 0.280 e. The summed E-state index contributed by atoms with van der Waals surface area (Å²) < 4.78 is 15.0. The molecule has 1 aromatic heterocycles. The summed E-state index contributed by atoms with van der Waals surface area (Å²) in [4.78, 5) is 14.2. The fraction of sp³-hybridized carbons (Fsp3) is 0.222. The highest BCUT2D eigenvalue weighted by molar-refractivity contribution is 6.87. The molecule has 0 bridgehead atoms. The normalized spacial score (nSPS) is 10.9. The summed E-state index contributed by atoms with van der Waals surface area (Å²) in [6.07, 6.45) is 4.84. The topological polar surface area (TPSA) is 61.0 Å². The number of aromatic nitrogens is 2. The zero-order chi connectivity index (χ0) is 24.7. The first-order valence-electron chi connectivity index (χ1n) is 11.2. The second kappa shape index (κ2) is 10.9. The molecule has 4 rings (SSSR count). The lowest BCUT2D eigenvalue weighted by Crippen LogP contribution is -2.48. The van der Waals surface area contributed by atoms with Crippen LogP contribution in [0.15, 0.2) is 91.5 Å². The van der Waals surface area contributed by atoms with Gasteiger partial charge in [0.05, 0.1) is 23.4 Å². The number of benzene rings is 3. The molecular formula is C27H29BFN3O2. The van der Waals surface area contributed by atoms with Crippen LogP contribution in [0, 0.1) is 22.9 Å². The Bertz CT molecular complexity index is 1170. The van der Waals surface area contributed by atoms with Gasteiger partial charge < -0.3 is 4.57 Å². The minimum Gasteiger partial charge on any atom is -0.333 e. The third-order valence-electron chi connectivity index (χ3n) is 5.67. The van der Waals surface area contributed by atoms with Crippen LogP contribution in [0.1, 0.15) is 31.9 Å². The zero-order valence-electron chi connectivity index (χ0n) is 20.0. The number of nitro benzene ring substituents is 1. The summed E-state index contributed by atoms with van der Waals surface area (Å²) in [7, 11) is 0. The monoisotopic (exact) mass is 457 g/mol. The number of nitrogens with zero attached hydrogens (tertiary/aromatic N) is 3. The van der Waals surface area contributed by atoms with E-state index in [1.807, 2.05) is 0 Å². The molecule has 0 spiro atoms. The van der Waals surface area contributed by atoms with Crippen molar-refractivity contribution in [3.05, 3.63) is 119 Å². The standard InChI is InChI=1S/C16H19B.C11H10FN3O2/c1-16(2,3)17(14-10-6-4-7-11-14)15-12-8-5-9-13-15;1-8-10(12)3-2-9(11(8)15(16)17)6-14-5-4-13-7-14/h4-13H,1-3H3;2-5,7H,6H2,1H3. The lowest BCUT2D eigenvalue weighted by molar-refractivity contribution is -0.386. The van der Waals surface area contributed by atoms with Crippen molar-refractivity contribution in [1.29, 1.82) is 0 Å². The maximum atomic E-state index is 13.3. The highest BCUT2D eigenvalue weighted by Gasteiger charge is 2.31. The predicted octanol–water partition coefficient (Wildman–Crippen LogP) is 5.38. The van der Waals surface area contributed by atoms with E-state index in [0.717, 1.165) is 0 Å². The Morgan fingerprint density at radius 3 is 1.97 bits per heavy atom. The fourth-order valence-electron chi connectivity index (χ4n) is 4.17. The second-order valence-corrected chi connectivity index (χ2v) is 9.29. The Hall–Kier alpha value is -3.74. The van der Waals surface area contributed by atoms with Crippen LogP contribution in [0.25, 0.3) is 0 Å².